The molecule has 0 aromatic carbocycles. The fourth-order valence-corrected chi connectivity index (χ4v) is 1.13. The minimum Gasteiger partial charge on any atom is -0.461 e. The van der Waals surface area contributed by atoms with Crippen LogP contribution in [-0.2, 0) is 4.74 Å². The minimum absolute atomic E-state index is 0.187. The number of aromatic amines is 1. The molecule has 0 fully saturated rings. The normalized spacial score (nSPS) is 8.83. The van der Waals surface area contributed by atoms with Crippen LogP contribution in [0.25, 0.3) is 12.2 Å². The van der Waals surface area contributed by atoms with E-state index in [4.69, 9.17) is 4.74 Å². The molecule has 18 heavy (non-hydrogen) atoms. The van der Waals surface area contributed by atoms with Gasteiger partial charge in [-0.15, -0.1) is 0 Å². The molecule has 1 rings (SSSR count). The van der Waals surface area contributed by atoms with Crippen molar-refractivity contribution in [3.8, 4) is 0 Å². The van der Waals surface area contributed by atoms with Gasteiger partial charge < -0.3 is 9.72 Å². The number of esters is 1. The Labute approximate surface area is 106 Å². The van der Waals surface area contributed by atoms with E-state index >= 15 is 0 Å². The van der Waals surface area contributed by atoms with Gasteiger partial charge in [-0.05, 0) is 19.1 Å². The molecule has 0 atom stereocenters. The second-order valence-electron chi connectivity index (χ2n) is 2.84. The molecule has 0 saturated heterocycles. The Morgan fingerprint density at radius 3 is 2.44 bits per heavy atom. The van der Waals surface area contributed by atoms with Gasteiger partial charge >= 0.3 is 5.97 Å². The van der Waals surface area contributed by atoms with Crippen LogP contribution in [0.1, 0.15) is 42.6 Å². The summed E-state index contributed by atoms with van der Waals surface area (Å²) >= 11 is 0. The lowest BCUT2D eigenvalue weighted by atomic mass is 10.2. The molecule has 1 aromatic rings. The van der Waals surface area contributed by atoms with E-state index < -0.39 is 11.5 Å². The second kappa shape index (κ2) is 8.00. The van der Waals surface area contributed by atoms with E-state index in [1.165, 1.54) is 12.2 Å². The SMILES string of the molecule is C=Cc1nc(C(=O)OCC)c(=O)[nH]c1C=C.CC. The summed E-state index contributed by atoms with van der Waals surface area (Å²) in [5.41, 5.74) is -0.0630. The van der Waals surface area contributed by atoms with Crippen LogP contribution >= 0.6 is 0 Å². The number of nitrogens with one attached hydrogen (secondary N) is 1. The Kier molecular flexibility index (Phi) is 7.04. The molecule has 1 aromatic heterocycles. The van der Waals surface area contributed by atoms with E-state index in [-0.39, 0.29) is 12.3 Å². The van der Waals surface area contributed by atoms with E-state index in [1.54, 1.807) is 6.92 Å². The molecule has 0 radical (unpaired) electrons. The summed E-state index contributed by atoms with van der Waals surface area (Å²) in [7, 11) is 0. The first-order chi connectivity index (χ1) is 8.63. The monoisotopic (exact) mass is 250 g/mol. The molecule has 0 saturated carbocycles. The van der Waals surface area contributed by atoms with Crippen LogP contribution < -0.4 is 5.56 Å². The molecule has 0 aliphatic carbocycles. The summed E-state index contributed by atoms with van der Waals surface area (Å²) in [5.74, 6) is -0.748. The van der Waals surface area contributed by atoms with Crippen molar-refractivity contribution in [3.05, 3.63) is 40.6 Å². The van der Waals surface area contributed by atoms with Crippen molar-refractivity contribution in [2.24, 2.45) is 0 Å². The van der Waals surface area contributed by atoms with E-state index in [2.05, 4.69) is 23.1 Å². The van der Waals surface area contributed by atoms with Crippen molar-refractivity contribution >= 4 is 18.1 Å². The first-order valence-corrected chi connectivity index (χ1v) is 5.70. The van der Waals surface area contributed by atoms with Gasteiger partial charge in [-0.25, -0.2) is 9.78 Å². The second-order valence-corrected chi connectivity index (χ2v) is 2.84. The van der Waals surface area contributed by atoms with E-state index in [0.717, 1.165) is 0 Å². The van der Waals surface area contributed by atoms with Gasteiger partial charge in [-0.3, -0.25) is 4.79 Å². The molecule has 5 heteroatoms. The summed E-state index contributed by atoms with van der Waals surface area (Å²) in [5, 5.41) is 0. The van der Waals surface area contributed by atoms with E-state index in [0.29, 0.717) is 11.4 Å². The van der Waals surface area contributed by atoms with Gasteiger partial charge in [0.1, 0.15) is 0 Å². The third-order valence-electron chi connectivity index (χ3n) is 1.84. The summed E-state index contributed by atoms with van der Waals surface area (Å²) in [6.07, 6.45) is 2.86. The quantitative estimate of drug-likeness (QED) is 0.832. The molecular formula is C13H18N2O3. The first kappa shape index (κ1) is 15.8. The molecule has 0 bridgehead atoms. The summed E-state index contributed by atoms with van der Waals surface area (Å²) in [6.45, 7) is 12.9. The minimum atomic E-state index is -0.748. The number of nitrogens with zero attached hydrogens (tertiary/aromatic N) is 1. The maximum absolute atomic E-state index is 11.5. The molecule has 1 heterocycles. The van der Waals surface area contributed by atoms with Gasteiger partial charge in [-0.1, -0.05) is 27.0 Å². The standard InChI is InChI=1S/C11H12N2O3.C2H6/c1-4-7-8(5-2)13-10(14)9(12-7)11(15)16-6-3;1-2/h4-5H,1-2,6H2,3H3,(H,13,14);1-2H3. The highest BCUT2D eigenvalue weighted by atomic mass is 16.5. The third kappa shape index (κ3) is 3.69. The topological polar surface area (TPSA) is 72.0 Å². The van der Waals surface area contributed by atoms with Crippen LogP contribution in [0, 0.1) is 0 Å². The van der Waals surface area contributed by atoms with Crippen molar-refractivity contribution in [1.29, 1.82) is 0 Å². The Morgan fingerprint density at radius 2 is 2.00 bits per heavy atom. The number of aromatic nitrogens is 2. The number of H-pyrrole nitrogens is 1. The molecular weight excluding hydrogens is 232 g/mol. The van der Waals surface area contributed by atoms with Crippen LogP contribution in [0.2, 0.25) is 0 Å². The molecule has 0 aliphatic heterocycles. The van der Waals surface area contributed by atoms with Crippen molar-refractivity contribution in [1.82, 2.24) is 9.97 Å². The van der Waals surface area contributed by atoms with Crippen LogP contribution in [0.4, 0.5) is 0 Å². The Hall–Kier alpha value is -2.17. The maximum atomic E-state index is 11.5. The van der Waals surface area contributed by atoms with Crippen LogP contribution in [0.5, 0.6) is 0 Å². The highest BCUT2D eigenvalue weighted by Gasteiger charge is 2.15. The highest BCUT2D eigenvalue weighted by Crippen LogP contribution is 2.04. The summed E-state index contributed by atoms with van der Waals surface area (Å²) < 4.78 is 4.70. The van der Waals surface area contributed by atoms with Gasteiger partial charge in [0.2, 0.25) is 5.69 Å². The van der Waals surface area contributed by atoms with Crippen molar-refractivity contribution in [2.75, 3.05) is 6.61 Å². The predicted octanol–water partition coefficient (Wildman–Crippen LogP) is 2.26. The Balaban J connectivity index is 0.00000137. The fraction of sp³-hybridized carbons (Fsp3) is 0.308. The first-order valence-electron chi connectivity index (χ1n) is 5.70. The lowest BCUT2D eigenvalue weighted by molar-refractivity contribution is 0.0517. The van der Waals surface area contributed by atoms with Gasteiger partial charge in [0.05, 0.1) is 18.0 Å². The number of hydrogen-bond acceptors (Lipinski definition) is 4. The summed E-state index contributed by atoms with van der Waals surface area (Å²) in [6, 6.07) is 0. The average molecular weight is 250 g/mol. The average Bonchev–Trinajstić information content (AvgIpc) is 2.40. The van der Waals surface area contributed by atoms with E-state index in [9.17, 15) is 9.59 Å². The fourth-order valence-electron chi connectivity index (χ4n) is 1.13. The molecule has 1 N–H and O–H groups in total. The number of rotatable bonds is 4. The van der Waals surface area contributed by atoms with Crippen LogP contribution in [-0.4, -0.2) is 22.5 Å². The van der Waals surface area contributed by atoms with Gasteiger partial charge in [0, 0.05) is 0 Å². The Bertz CT molecular complexity index is 489. The Morgan fingerprint density at radius 1 is 1.39 bits per heavy atom. The van der Waals surface area contributed by atoms with Gasteiger partial charge in [0.15, 0.2) is 0 Å². The predicted molar refractivity (Wildman–Crippen MR) is 72.3 cm³/mol. The van der Waals surface area contributed by atoms with Crippen molar-refractivity contribution < 1.29 is 9.53 Å². The zero-order chi connectivity index (χ0) is 14.1. The van der Waals surface area contributed by atoms with Crippen molar-refractivity contribution in [2.45, 2.75) is 20.8 Å². The van der Waals surface area contributed by atoms with Crippen molar-refractivity contribution in [3.63, 3.8) is 0 Å². The largest absolute Gasteiger partial charge is 0.461 e. The van der Waals surface area contributed by atoms with Crippen LogP contribution in [0.3, 0.4) is 0 Å². The smallest absolute Gasteiger partial charge is 0.362 e. The van der Waals surface area contributed by atoms with Crippen LogP contribution in [0.15, 0.2) is 18.0 Å². The number of ether oxygens (including phenoxy) is 1. The molecule has 98 valence electrons. The number of carbonyl (C=O) groups is 1. The molecule has 0 amide bonds. The summed E-state index contributed by atoms with van der Waals surface area (Å²) in [4.78, 5) is 29.2. The molecule has 0 aliphatic rings. The number of hydrogen-bond donors (Lipinski definition) is 1. The molecule has 0 spiro atoms. The maximum Gasteiger partial charge on any atom is 0.362 e. The lowest BCUT2D eigenvalue weighted by Crippen LogP contribution is -2.23. The van der Waals surface area contributed by atoms with Gasteiger partial charge in [-0.2, -0.15) is 0 Å². The third-order valence-corrected chi connectivity index (χ3v) is 1.84. The van der Waals surface area contributed by atoms with Gasteiger partial charge in [0.25, 0.3) is 5.56 Å². The zero-order valence-corrected chi connectivity index (χ0v) is 10.9. The zero-order valence-electron chi connectivity index (χ0n) is 10.9. The van der Waals surface area contributed by atoms with E-state index in [1.807, 2.05) is 13.8 Å². The molecule has 5 nitrogen and oxygen atoms in total. The number of carbonyl (C=O) groups excluding carboxylic acids is 1. The molecule has 0 unspecified atom stereocenters. The lowest BCUT2D eigenvalue weighted by Gasteiger charge is -2.03. The highest BCUT2D eigenvalue weighted by molar-refractivity contribution is 5.87.